The topological polar surface area (TPSA) is 12.5 Å². The number of hydrogen-bond acceptors (Lipinski definition) is 2. The van der Waals surface area contributed by atoms with E-state index in [9.17, 15) is 8.78 Å². The van der Waals surface area contributed by atoms with Crippen LogP contribution in [0.2, 0.25) is 5.02 Å². The molecule has 2 nitrogen and oxygen atoms in total. The van der Waals surface area contributed by atoms with Gasteiger partial charge >= 0.3 is 0 Å². The summed E-state index contributed by atoms with van der Waals surface area (Å²) in [6.45, 7) is 5.52. The van der Waals surface area contributed by atoms with Crippen molar-refractivity contribution in [2.45, 2.75) is 20.0 Å². The maximum Gasteiger partial charge on any atom is 0.151 e. The van der Waals surface area contributed by atoms with Gasteiger partial charge in [-0.2, -0.15) is 0 Å². The Hall–Kier alpha value is -0.870. The summed E-state index contributed by atoms with van der Waals surface area (Å²) >= 11 is 5.62. The van der Waals surface area contributed by atoms with Crippen molar-refractivity contribution >= 4 is 17.3 Å². The predicted molar refractivity (Wildman–Crippen MR) is 68.2 cm³/mol. The number of rotatable bonds is 2. The van der Waals surface area contributed by atoms with Crippen LogP contribution < -0.4 is 4.90 Å². The molecule has 0 aliphatic carbocycles. The molecule has 1 fully saturated rings. The second kappa shape index (κ2) is 5.41. The summed E-state index contributed by atoms with van der Waals surface area (Å²) in [6.07, 6.45) is -0.00627. The molecule has 5 heteroatoms. The quantitative estimate of drug-likeness (QED) is 0.819. The highest BCUT2D eigenvalue weighted by Gasteiger charge is 2.26. The number of halogens is 3. The minimum Gasteiger partial charge on any atom is -0.374 e. The zero-order valence-corrected chi connectivity index (χ0v) is 11.2. The first-order valence-electron chi connectivity index (χ1n) is 6.00. The third kappa shape index (κ3) is 2.75. The average molecular weight is 276 g/mol. The van der Waals surface area contributed by atoms with Crippen LogP contribution in [0, 0.1) is 17.6 Å². The molecule has 0 saturated carbocycles. The van der Waals surface area contributed by atoms with Gasteiger partial charge in [0.2, 0.25) is 0 Å². The summed E-state index contributed by atoms with van der Waals surface area (Å²) in [6, 6.07) is 2.28. The zero-order chi connectivity index (χ0) is 13.3. The molecule has 1 saturated heterocycles. The van der Waals surface area contributed by atoms with Gasteiger partial charge in [-0.3, -0.25) is 0 Å². The van der Waals surface area contributed by atoms with Gasteiger partial charge in [-0.1, -0.05) is 25.4 Å². The van der Waals surface area contributed by atoms with Crippen LogP contribution in [0.1, 0.15) is 13.8 Å². The van der Waals surface area contributed by atoms with Gasteiger partial charge in [0, 0.05) is 18.1 Å². The Balaban J connectivity index is 2.26. The molecule has 0 bridgehead atoms. The number of hydrogen-bond donors (Lipinski definition) is 0. The van der Waals surface area contributed by atoms with Crippen LogP contribution in [0.15, 0.2) is 12.1 Å². The molecule has 100 valence electrons. The van der Waals surface area contributed by atoms with E-state index in [1.165, 1.54) is 0 Å². The van der Waals surface area contributed by atoms with E-state index in [4.69, 9.17) is 16.3 Å². The van der Waals surface area contributed by atoms with Crippen molar-refractivity contribution in [2.75, 3.05) is 24.6 Å². The fraction of sp³-hybridized carbons (Fsp3) is 0.538. The Morgan fingerprint density at radius 3 is 2.50 bits per heavy atom. The molecule has 2 rings (SSSR count). The van der Waals surface area contributed by atoms with Crippen LogP contribution >= 0.6 is 11.6 Å². The van der Waals surface area contributed by atoms with E-state index >= 15 is 0 Å². The van der Waals surface area contributed by atoms with Crippen LogP contribution in [0.25, 0.3) is 0 Å². The van der Waals surface area contributed by atoms with Crippen LogP contribution in [-0.2, 0) is 4.74 Å². The van der Waals surface area contributed by atoms with Gasteiger partial charge in [-0.05, 0) is 18.1 Å². The van der Waals surface area contributed by atoms with E-state index in [2.05, 4.69) is 0 Å². The van der Waals surface area contributed by atoms with Crippen molar-refractivity contribution in [3.05, 3.63) is 28.8 Å². The van der Waals surface area contributed by atoms with Crippen molar-refractivity contribution in [3.63, 3.8) is 0 Å². The van der Waals surface area contributed by atoms with E-state index in [1.807, 2.05) is 13.8 Å². The Morgan fingerprint density at radius 2 is 1.94 bits per heavy atom. The lowest BCUT2D eigenvalue weighted by molar-refractivity contribution is 0.0110. The maximum absolute atomic E-state index is 13.8. The normalized spacial score (nSPS) is 20.6. The second-order valence-electron chi connectivity index (χ2n) is 4.82. The van der Waals surface area contributed by atoms with Crippen molar-refractivity contribution < 1.29 is 13.5 Å². The fourth-order valence-electron chi connectivity index (χ4n) is 2.12. The van der Waals surface area contributed by atoms with Crippen LogP contribution in [0.4, 0.5) is 14.5 Å². The molecule has 0 radical (unpaired) electrons. The monoisotopic (exact) mass is 275 g/mol. The Kier molecular flexibility index (Phi) is 4.07. The molecular formula is C13H16ClF2NO. The van der Waals surface area contributed by atoms with Gasteiger partial charge in [0.25, 0.3) is 0 Å². The number of nitrogens with zero attached hydrogens (tertiary/aromatic N) is 1. The van der Waals surface area contributed by atoms with Gasteiger partial charge < -0.3 is 9.64 Å². The van der Waals surface area contributed by atoms with Gasteiger partial charge in [-0.25, -0.2) is 8.78 Å². The minimum absolute atomic E-state index is 0.00616. The van der Waals surface area contributed by atoms with Crippen LogP contribution in [-0.4, -0.2) is 25.8 Å². The van der Waals surface area contributed by atoms with E-state index in [0.29, 0.717) is 25.6 Å². The lowest BCUT2D eigenvalue weighted by Gasteiger charge is -2.36. The molecule has 1 heterocycles. The number of morpholine rings is 1. The molecule has 0 spiro atoms. The first-order chi connectivity index (χ1) is 8.49. The summed E-state index contributed by atoms with van der Waals surface area (Å²) in [5, 5.41) is 0.0717. The number of anilines is 1. The molecule has 18 heavy (non-hydrogen) atoms. The molecule has 1 aliphatic heterocycles. The molecule has 1 aromatic rings. The summed E-state index contributed by atoms with van der Waals surface area (Å²) in [4.78, 5) is 1.69. The molecule has 1 unspecified atom stereocenters. The molecule has 1 aromatic carbocycles. The van der Waals surface area contributed by atoms with E-state index in [1.54, 1.807) is 4.90 Å². The number of benzene rings is 1. The Bertz CT molecular complexity index is 416. The Labute approximate surface area is 110 Å². The molecular weight excluding hydrogens is 260 g/mol. The van der Waals surface area contributed by atoms with Crippen molar-refractivity contribution in [1.82, 2.24) is 0 Å². The van der Waals surface area contributed by atoms with E-state index in [-0.39, 0.29) is 16.8 Å². The van der Waals surface area contributed by atoms with Gasteiger partial charge in [-0.15, -0.1) is 0 Å². The van der Waals surface area contributed by atoms with E-state index < -0.39 is 11.6 Å². The summed E-state index contributed by atoms with van der Waals surface area (Å²) in [5.41, 5.74) is -0.00616. The van der Waals surface area contributed by atoms with Gasteiger partial charge in [0.1, 0.15) is 5.69 Å². The third-order valence-corrected chi connectivity index (χ3v) is 3.35. The molecule has 0 amide bonds. The van der Waals surface area contributed by atoms with Crippen molar-refractivity contribution in [1.29, 1.82) is 0 Å². The minimum atomic E-state index is -0.621. The SMILES string of the molecule is CC(C)C1CN(c2c(F)cc(Cl)cc2F)CCO1. The third-order valence-electron chi connectivity index (χ3n) is 3.13. The molecule has 1 atom stereocenters. The van der Waals surface area contributed by atoms with Crippen LogP contribution in [0.5, 0.6) is 0 Å². The predicted octanol–water partition coefficient (Wildman–Crippen LogP) is 3.48. The van der Waals surface area contributed by atoms with Crippen molar-refractivity contribution in [3.8, 4) is 0 Å². The number of ether oxygens (including phenoxy) is 1. The standard InChI is InChI=1S/C13H16ClF2NO/c1-8(2)12-7-17(3-4-18-12)13-10(15)5-9(14)6-11(13)16/h5-6,8,12H,3-4,7H2,1-2H3. The molecule has 0 N–H and O–H groups in total. The average Bonchev–Trinajstić information content (AvgIpc) is 2.28. The zero-order valence-electron chi connectivity index (χ0n) is 10.4. The van der Waals surface area contributed by atoms with Gasteiger partial charge in [0.15, 0.2) is 11.6 Å². The fourth-order valence-corrected chi connectivity index (χ4v) is 2.31. The van der Waals surface area contributed by atoms with Gasteiger partial charge in [0.05, 0.1) is 12.7 Å². The first-order valence-corrected chi connectivity index (χ1v) is 6.38. The lowest BCUT2D eigenvalue weighted by atomic mass is 10.1. The molecule has 1 aliphatic rings. The Morgan fingerprint density at radius 1 is 1.33 bits per heavy atom. The maximum atomic E-state index is 13.8. The summed E-state index contributed by atoms with van der Waals surface area (Å²) in [5.74, 6) is -0.931. The largest absolute Gasteiger partial charge is 0.374 e. The molecule has 0 aromatic heterocycles. The highest BCUT2D eigenvalue weighted by Crippen LogP contribution is 2.29. The van der Waals surface area contributed by atoms with E-state index in [0.717, 1.165) is 12.1 Å². The van der Waals surface area contributed by atoms with Crippen LogP contribution in [0.3, 0.4) is 0 Å². The summed E-state index contributed by atoms with van der Waals surface area (Å²) in [7, 11) is 0. The second-order valence-corrected chi connectivity index (χ2v) is 5.25. The highest BCUT2D eigenvalue weighted by atomic mass is 35.5. The van der Waals surface area contributed by atoms with Crippen molar-refractivity contribution in [2.24, 2.45) is 5.92 Å². The summed E-state index contributed by atoms with van der Waals surface area (Å²) < 4.78 is 33.2. The smallest absolute Gasteiger partial charge is 0.151 e. The highest BCUT2D eigenvalue weighted by molar-refractivity contribution is 6.30. The first kappa shape index (κ1) is 13.6. The lowest BCUT2D eigenvalue weighted by Crippen LogP contribution is -2.45.